The highest BCUT2D eigenvalue weighted by molar-refractivity contribution is 6.05. The molecule has 6 nitrogen and oxygen atoms in total. The summed E-state index contributed by atoms with van der Waals surface area (Å²) >= 11 is 0. The van der Waals surface area contributed by atoms with Crippen LogP contribution in [0.3, 0.4) is 0 Å². The fourth-order valence-corrected chi connectivity index (χ4v) is 3.37. The van der Waals surface area contributed by atoms with E-state index in [-0.39, 0.29) is 18.4 Å². The number of carbonyl (C=O) groups is 2. The van der Waals surface area contributed by atoms with Crippen LogP contribution in [0.4, 0.5) is 11.4 Å². The zero-order valence-corrected chi connectivity index (χ0v) is 17.3. The van der Waals surface area contributed by atoms with Gasteiger partial charge in [-0.3, -0.25) is 9.59 Å². The lowest BCUT2D eigenvalue weighted by atomic mass is 10.1. The lowest BCUT2D eigenvalue weighted by Crippen LogP contribution is -2.39. The van der Waals surface area contributed by atoms with E-state index in [1.807, 2.05) is 49.4 Å². The molecule has 0 aromatic heterocycles. The van der Waals surface area contributed by atoms with Gasteiger partial charge in [-0.1, -0.05) is 35.9 Å². The second-order valence-corrected chi connectivity index (χ2v) is 7.35. The number of amides is 2. The summed E-state index contributed by atoms with van der Waals surface area (Å²) in [5, 5.41) is 2.87. The van der Waals surface area contributed by atoms with Crippen molar-refractivity contribution < 1.29 is 19.1 Å². The molecular weight excluding hydrogens is 392 g/mol. The van der Waals surface area contributed by atoms with Gasteiger partial charge >= 0.3 is 0 Å². The van der Waals surface area contributed by atoms with E-state index in [1.54, 1.807) is 35.2 Å². The lowest BCUT2D eigenvalue weighted by molar-refractivity contribution is -0.121. The average molecular weight is 416 g/mol. The van der Waals surface area contributed by atoms with Crippen LogP contribution in [0.25, 0.3) is 0 Å². The van der Waals surface area contributed by atoms with Crippen molar-refractivity contribution in [3.8, 4) is 11.5 Å². The number of hydrogen-bond acceptors (Lipinski definition) is 4. The zero-order chi connectivity index (χ0) is 21.6. The molecule has 0 saturated heterocycles. The Hall–Kier alpha value is -3.80. The van der Waals surface area contributed by atoms with Crippen molar-refractivity contribution >= 4 is 23.2 Å². The highest BCUT2D eigenvalue weighted by Crippen LogP contribution is 2.34. The van der Waals surface area contributed by atoms with Crippen LogP contribution in [-0.4, -0.2) is 31.6 Å². The molecule has 1 aliphatic heterocycles. The second-order valence-electron chi connectivity index (χ2n) is 7.35. The Bertz CT molecular complexity index is 1060. The number of nitrogens with zero attached hydrogens (tertiary/aromatic N) is 1. The van der Waals surface area contributed by atoms with E-state index in [9.17, 15) is 9.59 Å². The minimum absolute atomic E-state index is 0.0259. The van der Waals surface area contributed by atoms with Crippen molar-refractivity contribution in [3.05, 3.63) is 83.9 Å². The summed E-state index contributed by atoms with van der Waals surface area (Å²) in [6, 6.07) is 22.2. The predicted molar refractivity (Wildman–Crippen MR) is 120 cm³/mol. The zero-order valence-electron chi connectivity index (χ0n) is 17.3. The summed E-state index contributed by atoms with van der Waals surface area (Å²) in [4.78, 5) is 26.5. The molecule has 0 atom stereocenters. The van der Waals surface area contributed by atoms with Crippen molar-refractivity contribution in [2.75, 3.05) is 30.0 Å². The maximum absolute atomic E-state index is 12.4. The molecule has 31 heavy (non-hydrogen) atoms. The normalized spacial score (nSPS) is 12.7. The van der Waals surface area contributed by atoms with E-state index in [0.717, 1.165) is 5.75 Å². The summed E-state index contributed by atoms with van der Waals surface area (Å²) in [6.45, 7) is 3.04. The molecule has 3 aromatic rings. The molecule has 0 fully saturated rings. The van der Waals surface area contributed by atoms with E-state index in [1.165, 1.54) is 5.56 Å². The molecular formula is C25H24N2O4. The van der Waals surface area contributed by atoms with E-state index in [0.29, 0.717) is 42.3 Å². The minimum Gasteiger partial charge on any atom is -0.494 e. The van der Waals surface area contributed by atoms with Gasteiger partial charge in [-0.25, -0.2) is 0 Å². The van der Waals surface area contributed by atoms with E-state index < -0.39 is 0 Å². The summed E-state index contributed by atoms with van der Waals surface area (Å²) in [6.07, 6.45) is 0.686. The summed E-state index contributed by atoms with van der Waals surface area (Å²) in [5.74, 6) is 1.10. The van der Waals surface area contributed by atoms with Gasteiger partial charge in [0.05, 0.1) is 12.3 Å². The van der Waals surface area contributed by atoms with Crippen LogP contribution in [-0.2, 0) is 4.79 Å². The van der Waals surface area contributed by atoms with Gasteiger partial charge in [-0.15, -0.1) is 0 Å². The van der Waals surface area contributed by atoms with Gasteiger partial charge in [0.15, 0.2) is 6.61 Å². The molecule has 0 radical (unpaired) electrons. The third-order valence-corrected chi connectivity index (χ3v) is 5.01. The Morgan fingerprint density at radius 1 is 1.06 bits per heavy atom. The van der Waals surface area contributed by atoms with Gasteiger partial charge in [-0.2, -0.15) is 0 Å². The van der Waals surface area contributed by atoms with Crippen LogP contribution in [0.1, 0.15) is 22.3 Å². The Balaban J connectivity index is 1.38. The molecule has 2 amide bonds. The molecule has 0 saturated carbocycles. The smallest absolute Gasteiger partial charge is 0.265 e. The SMILES string of the molecule is Cc1ccc(OCCCN2C(=O)COc3cc(NC(=O)c4ccccc4)ccc32)cc1. The van der Waals surface area contributed by atoms with Crippen molar-refractivity contribution in [1.29, 1.82) is 0 Å². The number of anilines is 2. The topological polar surface area (TPSA) is 67.9 Å². The fraction of sp³-hybridized carbons (Fsp3) is 0.200. The number of benzene rings is 3. The quantitative estimate of drug-likeness (QED) is 0.578. The summed E-state index contributed by atoms with van der Waals surface area (Å²) in [7, 11) is 0. The molecule has 0 unspecified atom stereocenters. The van der Waals surface area contributed by atoms with Crippen LogP contribution in [0, 0.1) is 6.92 Å². The minimum atomic E-state index is -0.197. The Labute approximate surface area is 181 Å². The van der Waals surface area contributed by atoms with Gasteiger partial charge in [-0.05, 0) is 49.7 Å². The first-order valence-electron chi connectivity index (χ1n) is 10.2. The molecule has 158 valence electrons. The molecule has 6 heteroatoms. The Morgan fingerprint density at radius 3 is 2.61 bits per heavy atom. The third-order valence-electron chi connectivity index (χ3n) is 5.01. The molecule has 1 aliphatic rings. The number of aryl methyl sites for hydroxylation is 1. The lowest BCUT2D eigenvalue weighted by Gasteiger charge is -2.29. The van der Waals surface area contributed by atoms with Crippen molar-refractivity contribution in [2.45, 2.75) is 13.3 Å². The molecule has 0 aliphatic carbocycles. The molecule has 3 aromatic carbocycles. The van der Waals surface area contributed by atoms with Gasteiger partial charge in [0.2, 0.25) is 0 Å². The van der Waals surface area contributed by atoms with Gasteiger partial charge < -0.3 is 19.7 Å². The third kappa shape index (κ3) is 5.04. The van der Waals surface area contributed by atoms with Gasteiger partial charge in [0.25, 0.3) is 11.8 Å². The molecule has 1 heterocycles. The number of hydrogen-bond donors (Lipinski definition) is 1. The number of fused-ring (bicyclic) bond motifs is 1. The molecule has 0 bridgehead atoms. The maximum Gasteiger partial charge on any atom is 0.265 e. The van der Waals surface area contributed by atoms with E-state index >= 15 is 0 Å². The first kappa shape index (κ1) is 20.5. The monoisotopic (exact) mass is 416 g/mol. The number of ether oxygens (including phenoxy) is 2. The first-order chi connectivity index (χ1) is 15.1. The first-order valence-corrected chi connectivity index (χ1v) is 10.2. The number of rotatable bonds is 7. The van der Waals surface area contributed by atoms with Crippen LogP contribution in [0.15, 0.2) is 72.8 Å². The Kier molecular flexibility index (Phi) is 6.17. The maximum atomic E-state index is 12.4. The standard InChI is InChI=1S/C25H24N2O4/c1-18-8-11-21(12-9-18)30-15-5-14-27-22-13-10-20(16-23(22)31-17-24(27)28)26-25(29)19-6-3-2-4-7-19/h2-4,6-13,16H,5,14-15,17H2,1H3,(H,26,29). The highest BCUT2D eigenvalue weighted by atomic mass is 16.5. The van der Waals surface area contributed by atoms with E-state index in [2.05, 4.69) is 5.32 Å². The van der Waals surface area contributed by atoms with Crippen molar-refractivity contribution in [2.24, 2.45) is 0 Å². The fourth-order valence-electron chi connectivity index (χ4n) is 3.37. The van der Waals surface area contributed by atoms with Crippen LogP contribution in [0.5, 0.6) is 11.5 Å². The predicted octanol–water partition coefficient (Wildman–Crippen LogP) is 4.44. The summed E-state index contributed by atoms with van der Waals surface area (Å²) < 4.78 is 11.4. The molecule has 4 rings (SSSR count). The van der Waals surface area contributed by atoms with Crippen LogP contribution in [0.2, 0.25) is 0 Å². The van der Waals surface area contributed by atoms with Crippen LogP contribution < -0.4 is 19.7 Å². The second kappa shape index (κ2) is 9.34. The van der Waals surface area contributed by atoms with Crippen molar-refractivity contribution in [3.63, 3.8) is 0 Å². The molecule has 0 spiro atoms. The Morgan fingerprint density at radius 2 is 1.84 bits per heavy atom. The number of carbonyl (C=O) groups excluding carboxylic acids is 2. The average Bonchev–Trinajstić information content (AvgIpc) is 2.79. The van der Waals surface area contributed by atoms with Crippen LogP contribution >= 0.6 is 0 Å². The summed E-state index contributed by atoms with van der Waals surface area (Å²) in [5.41, 5.74) is 3.07. The van der Waals surface area contributed by atoms with Gasteiger partial charge in [0.1, 0.15) is 11.5 Å². The van der Waals surface area contributed by atoms with E-state index in [4.69, 9.17) is 9.47 Å². The molecule has 1 N–H and O–H groups in total. The highest BCUT2D eigenvalue weighted by Gasteiger charge is 2.25. The number of nitrogens with one attached hydrogen (secondary N) is 1. The van der Waals surface area contributed by atoms with Gasteiger partial charge in [0, 0.05) is 23.9 Å². The largest absolute Gasteiger partial charge is 0.494 e. The van der Waals surface area contributed by atoms with Crippen molar-refractivity contribution in [1.82, 2.24) is 0 Å².